The summed E-state index contributed by atoms with van der Waals surface area (Å²) >= 11 is 1.62. The lowest BCUT2D eigenvalue weighted by Crippen LogP contribution is -2.31. The predicted molar refractivity (Wildman–Crippen MR) is 99.2 cm³/mol. The summed E-state index contributed by atoms with van der Waals surface area (Å²) in [5.41, 5.74) is 2.28. The number of hydrogen-bond donors (Lipinski definition) is 0. The summed E-state index contributed by atoms with van der Waals surface area (Å²) < 4.78 is 0. The van der Waals surface area contributed by atoms with Gasteiger partial charge in [-0.05, 0) is 36.3 Å². The number of allylic oxidation sites excluding steroid dienone is 1. The molecule has 0 aliphatic carbocycles. The molecule has 24 heavy (non-hydrogen) atoms. The zero-order chi connectivity index (χ0) is 17.9. The molecule has 0 radical (unpaired) electrons. The van der Waals surface area contributed by atoms with Crippen LogP contribution in [0.5, 0.6) is 0 Å². The molecule has 5 heteroatoms. The fourth-order valence-corrected chi connectivity index (χ4v) is 3.52. The van der Waals surface area contributed by atoms with Crippen LogP contribution in [0.4, 0.5) is 0 Å². The van der Waals surface area contributed by atoms with Gasteiger partial charge in [-0.1, -0.05) is 33.8 Å². The fourth-order valence-electron chi connectivity index (χ4n) is 2.77. The van der Waals surface area contributed by atoms with Crippen molar-refractivity contribution < 1.29 is 9.59 Å². The lowest BCUT2D eigenvalue weighted by molar-refractivity contribution is -0.123. The second-order valence-electron chi connectivity index (χ2n) is 6.97. The molecule has 0 aromatic carbocycles. The monoisotopic (exact) mass is 346 g/mol. The molecule has 0 bridgehead atoms. The van der Waals surface area contributed by atoms with Crippen LogP contribution in [-0.4, -0.2) is 35.2 Å². The van der Waals surface area contributed by atoms with Crippen molar-refractivity contribution in [2.75, 3.05) is 13.1 Å². The highest BCUT2D eigenvalue weighted by Crippen LogP contribution is 2.34. The van der Waals surface area contributed by atoms with E-state index in [4.69, 9.17) is 0 Å². The lowest BCUT2D eigenvalue weighted by atomic mass is 10.1. The van der Waals surface area contributed by atoms with Crippen LogP contribution in [0, 0.1) is 11.8 Å². The number of hydrogen-bond acceptors (Lipinski definition) is 3. The molecule has 0 spiro atoms. The number of amides is 2. The topological polar surface area (TPSA) is 40.6 Å². The Morgan fingerprint density at radius 1 is 1.29 bits per heavy atom. The predicted octanol–water partition coefficient (Wildman–Crippen LogP) is 3.98. The zero-order valence-electron chi connectivity index (χ0n) is 15.1. The number of thiophene rings is 1. The standard InChI is InChI=1S/C19H26N2O2S/c1-13(2)10-20(12-22)15(5)16-9-17(18-7-6-8-24-18)21(19(16)23)11-14(3)4/h6-9,12-14H,10-11H2,1-5H3/b16-15+. The van der Waals surface area contributed by atoms with E-state index in [0.29, 0.717) is 30.5 Å². The third-order valence-corrected chi connectivity index (χ3v) is 4.77. The molecule has 0 atom stereocenters. The summed E-state index contributed by atoms with van der Waals surface area (Å²) in [4.78, 5) is 29.0. The third-order valence-electron chi connectivity index (χ3n) is 3.88. The van der Waals surface area contributed by atoms with Crippen molar-refractivity contribution in [1.82, 2.24) is 9.80 Å². The molecular weight excluding hydrogens is 320 g/mol. The maximum atomic E-state index is 13.0. The van der Waals surface area contributed by atoms with Crippen LogP contribution in [0.2, 0.25) is 0 Å². The summed E-state index contributed by atoms with van der Waals surface area (Å²) in [6.45, 7) is 11.5. The van der Waals surface area contributed by atoms with Crippen molar-refractivity contribution in [3.05, 3.63) is 39.7 Å². The van der Waals surface area contributed by atoms with E-state index in [0.717, 1.165) is 22.7 Å². The summed E-state index contributed by atoms with van der Waals surface area (Å²) in [5.74, 6) is 0.699. The van der Waals surface area contributed by atoms with Crippen LogP contribution in [-0.2, 0) is 9.59 Å². The summed E-state index contributed by atoms with van der Waals surface area (Å²) in [7, 11) is 0. The second kappa shape index (κ2) is 7.79. The van der Waals surface area contributed by atoms with Crippen molar-refractivity contribution >= 4 is 29.4 Å². The number of carbonyl (C=O) groups excluding carboxylic acids is 2. The molecule has 4 nitrogen and oxygen atoms in total. The molecule has 1 aliphatic rings. The Hall–Kier alpha value is -1.88. The summed E-state index contributed by atoms with van der Waals surface area (Å²) in [5, 5.41) is 2.01. The average Bonchev–Trinajstić information content (AvgIpc) is 3.13. The van der Waals surface area contributed by atoms with Gasteiger partial charge in [0, 0.05) is 18.8 Å². The minimum atomic E-state index is -0.0137. The largest absolute Gasteiger partial charge is 0.318 e. The Balaban J connectivity index is 2.44. The van der Waals surface area contributed by atoms with E-state index < -0.39 is 0 Å². The van der Waals surface area contributed by atoms with E-state index in [1.165, 1.54) is 0 Å². The van der Waals surface area contributed by atoms with Crippen molar-refractivity contribution in [2.45, 2.75) is 34.6 Å². The van der Waals surface area contributed by atoms with Crippen molar-refractivity contribution in [3.63, 3.8) is 0 Å². The third kappa shape index (κ3) is 3.96. The number of rotatable bonds is 7. The normalized spacial score (nSPS) is 16.9. The molecule has 1 aromatic rings. The first-order chi connectivity index (χ1) is 11.3. The van der Waals surface area contributed by atoms with Crippen LogP contribution in [0.1, 0.15) is 39.5 Å². The first-order valence-electron chi connectivity index (χ1n) is 8.35. The Morgan fingerprint density at radius 3 is 2.50 bits per heavy atom. The van der Waals surface area contributed by atoms with Crippen LogP contribution < -0.4 is 0 Å². The highest BCUT2D eigenvalue weighted by Gasteiger charge is 2.32. The van der Waals surface area contributed by atoms with Gasteiger partial charge in [0.1, 0.15) is 0 Å². The van der Waals surface area contributed by atoms with Gasteiger partial charge in [0.05, 0.1) is 16.1 Å². The smallest absolute Gasteiger partial charge is 0.260 e. The van der Waals surface area contributed by atoms with E-state index in [9.17, 15) is 9.59 Å². The molecular formula is C19H26N2O2S. The zero-order valence-corrected chi connectivity index (χ0v) is 15.9. The quantitative estimate of drug-likeness (QED) is 0.553. The van der Waals surface area contributed by atoms with Gasteiger partial charge >= 0.3 is 0 Å². The number of carbonyl (C=O) groups is 2. The molecule has 2 rings (SSSR count). The lowest BCUT2D eigenvalue weighted by Gasteiger charge is -2.24. The van der Waals surface area contributed by atoms with Gasteiger partial charge in [-0.3, -0.25) is 9.59 Å². The summed E-state index contributed by atoms with van der Waals surface area (Å²) in [6, 6.07) is 4.02. The second-order valence-corrected chi connectivity index (χ2v) is 7.91. The van der Waals surface area contributed by atoms with Gasteiger partial charge < -0.3 is 9.80 Å². The Labute approximate surface area is 148 Å². The van der Waals surface area contributed by atoms with Gasteiger partial charge in [0.2, 0.25) is 6.41 Å². The van der Waals surface area contributed by atoms with Crippen LogP contribution in [0.25, 0.3) is 5.70 Å². The van der Waals surface area contributed by atoms with Gasteiger partial charge in [0.15, 0.2) is 0 Å². The molecule has 1 aliphatic heterocycles. The molecule has 2 heterocycles. The molecule has 2 amide bonds. The summed E-state index contributed by atoms with van der Waals surface area (Å²) in [6.07, 6.45) is 2.75. The van der Waals surface area contributed by atoms with E-state index in [1.54, 1.807) is 16.2 Å². The molecule has 130 valence electrons. The van der Waals surface area contributed by atoms with Crippen LogP contribution in [0.15, 0.2) is 34.9 Å². The Morgan fingerprint density at radius 2 is 2.00 bits per heavy atom. The highest BCUT2D eigenvalue weighted by molar-refractivity contribution is 7.11. The van der Waals surface area contributed by atoms with Crippen LogP contribution >= 0.6 is 11.3 Å². The minimum absolute atomic E-state index is 0.0137. The van der Waals surface area contributed by atoms with Gasteiger partial charge in [-0.15, -0.1) is 11.3 Å². The molecule has 0 saturated carbocycles. The van der Waals surface area contributed by atoms with Crippen molar-refractivity contribution in [2.24, 2.45) is 11.8 Å². The fraction of sp³-hybridized carbons (Fsp3) is 0.474. The Bertz CT molecular complexity index is 657. The van der Waals surface area contributed by atoms with Gasteiger partial charge in [0.25, 0.3) is 5.91 Å². The van der Waals surface area contributed by atoms with E-state index in [1.807, 2.05) is 35.4 Å². The average molecular weight is 346 g/mol. The molecule has 0 saturated heterocycles. The maximum Gasteiger partial charge on any atom is 0.260 e. The van der Waals surface area contributed by atoms with Gasteiger partial charge in [-0.25, -0.2) is 0 Å². The highest BCUT2D eigenvalue weighted by atomic mass is 32.1. The molecule has 1 aromatic heterocycles. The molecule has 0 unspecified atom stereocenters. The van der Waals surface area contributed by atoms with Crippen LogP contribution in [0.3, 0.4) is 0 Å². The molecule has 0 N–H and O–H groups in total. The van der Waals surface area contributed by atoms with Gasteiger partial charge in [-0.2, -0.15) is 0 Å². The van der Waals surface area contributed by atoms with E-state index in [2.05, 4.69) is 27.7 Å². The SMILES string of the molecule is C/C(=C1/C=C(c2cccs2)N(CC(C)C)C1=O)N(C=O)CC(C)C. The molecule has 0 fully saturated rings. The first kappa shape index (κ1) is 18.5. The van der Waals surface area contributed by atoms with Crippen molar-refractivity contribution in [1.29, 1.82) is 0 Å². The number of nitrogens with zero attached hydrogens (tertiary/aromatic N) is 2. The minimum Gasteiger partial charge on any atom is -0.318 e. The maximum absolute atomic E-state index is 13.0. The van der Waals surface area contributed by atoms with E-state index >= 15 is 0 Å². The first-order valence-corrected chi connectivity index (χ1v) is 9.23. The van der Waals surface area contributed by atoms with E-state index in [-0.39, 0.29) is 5.91 Å². The van der Waals surface area contributed by atoms with Crippen molar-refractivity contribution in [3.8, 4) is 0 Å². The Kier molecular flexibility index (Phi) is 5.99.